The van der Waals surface area contributed by atoms with Gasteiger partial charge in [0.05, 0.1) is 0 Å². The van der Waals surface area contributed by atoms with Crippen molar-refractivity contribution in [2.24, 2.45) is 29.1 Å². The van der Waals surface area contributed by atoms with Crippen molar-refractivity contribution < 1.29 is 0 Å². The van der Waals surface area contributed by atoms with E-state index in [2.05, 4.69) is 47.0 Å². The third-order valence-electron chi connectivity index (χ3n) is 5.72. The fourth-order valence-corrected chi connectivity index (χ4v) is 3.80. The van der Waals surface area contributed by atoms with Crippen molar-refractivity contribution in [3.8, 4) is 0 Å². The molecule has 19 heavy (non-hydrogen) atoms. The second-order valence-electron chi connectivity index (χ2n) is 7.71. The van der Waals surface area contributed by atoms with Crippen LogP contribution in [0.3, 0.4) is 0 Å². The Kier molecular flexibility index (Phi) is 6.86. The summed E-state index contributed by atoms with van der Waals surface area (Å²) in [5.74, 6) is 3.74. The molecule has 0 aromatic rings. The summed E-state index contributed by atoms with van der Waals surface area (Å²) in [6, 6.07) is 0. The van der Waals surface area contributed by atoms with E-state index in [0.29, 0.717) is 5.41 Å². The molecule has 1 saturated carbocycles. The predicted molar refractivity (Wildman–Crippen MR) is 86.4 cm³/mol. The molecule has 0 heterocycles. The van der Waals surface area contributed by atoms with Gasteiger partial charge >= 0.3 is 0 Å². The summed E-state index contributed by atoms with van der Waals surface area (Å²) in [5.41, 5.74) is 0.697. The highest BCUT2D eigenvalue weighted by atomic mass is 14.8. The first-order valence-electron chi connectivity index (χ1n) is 8.57. The molecule has 1 rings (SSSR count). The first kappa shape index (κ1) is 17.0. The molecule has 0 bridgehead atoms. The third kappa shape index (κ3) is 5.45. The van der Waals surface area contributed by atoms with Gasteiger partial charge in [0.15, 0.2) is 0 Å². The zero-order valence-electron chi connectivity index (χ0n) is 14.3. The third-order valence-corrected chi connectivity index (χ3v) is 5.72. The maximum Gasteiger partial charge on any atom is -0.00494 e. The van der Waals surface area contributed by atoms with E-state index in [-0.39, 0.29) is 0 Å². The summed E-state index contributed by atoms with van der Waals surface area (Å²) in [4.78, 5) is 0. The molecule has 114 valence electrons. The van der Waals surface area contributed by atoms with Crippen molar-refractivity contribution in [2.45, 2.75) is 73.1 Å². The van der Waals surface area contributed by atoms with E-state index < -0.39 is 0 Å². The summed E-state index contributed by atoms with van der Waals surface area (Å²) >= 11 is 0. The summed E-state index contributed by atoms with van der Waals surface area (Å²) in [5, 5.41) is 3.26. The average Bonchev–Trinajstić information content (AvgIpc) is 3.06. The molecule has 1 aliphatic carbocycles. The van der Waals surface area contributed by atoms with Crippen molar-refractivity contribution in [1.82, 2.24) is 5.32 Å². The molecule has 5 unspecified atom stereocenters. The largest absolute Gasteiger partial charge is 0.320 e. The minimum atomic E-state index is 0.697. The Balaban J connectivity index is 2.14. The lowest BCUT2D eigenvalue weighted by Crippen LogP contribution is -2.14. The zero-order chi connectivity index (χ0) is 14.5. The van der Waals surface area contributed by atoms with E-state index in [9.17, 15) is 0 Å². The molecule has 0 amide bonds. The molecule has 0 aliphatic heterocycles. The number of hydrogen-bond donors (Lipinski definition) is 1. The van der Waals surface area contributed by atoms with Gasteiger partial charge in [0.25, 0.3) is 0 Å². The standard InChI is InChI=1S/C18H37N/c1-7-18(5)13-17(18)16(4)9-8-14(2)12-15(3)10-11-19-6/h14-17,19H,7-13H2,1-6H3. The molecular formula is C18H37N. The van der Waals surface area contributed by atoms with Gasteiger partial charge in [0.1, 0.15) is 0 Å². The second kappa shape index (κ2) is 7.67. The fraction of sp³-hybridized carbons (Fsp3) is 1.00. The van der Waals surface area contributed by atoms with Gasteiger partial charge in [0, 0.05) is 0 Å². The minimum Gasteiger partial charge on any atom is -0.320 e. The number of hydrogen-bond acceptors (Lipinski definition) is 1. The Hall–Kier alpha value is -0.0400. The van der Waals surface area contributed by atoms with Gasteiger partial charge in [-0.1, -0.05) is 53.9 Å². The van der Waals surface area contributed by atoms with Gasteiger partial charge in [0.2, 0.25) is 0 Å². The van der Waals surface area contributed by atoms with E-state index in [1.165, 1.54) is 45.1 Å². The highest BCUT2D eigenvalue weighted by Gasteiger charge is 2.50. The molecule has 0 aromatic carbocycles. The normalized spacial score (nSPS) is 30.9. The predicted octanol–water partition coefficient (Wildman–Crippen LogP) is 5.11. The van der Waals surface area contributed by atoms with Crippen LogP contribution in [-0.4, -0.2) is 13.6 Å². The highest BCUT2D eigenvalue weighted by Crippen LogP contribution is 2.59. The van der Waals surface area contributed by atoms with Crippen LogP contribution in [0.25, 0.3) is 0 Å². The number of rotatable bonds is 10. The van der Waals surface area contributed by atoms with Crippen molar-refractivity contribution in [3.05, 3.63) is 0 Å². The molecule has 0 aromatic heterocycles. The molecule has 0 spiro atoms. The van der Waals surface area contributed by atoms with Gasteiger partial charge in [-0.2, -0.15) is 0 Å². The summed E-state index contributed by atoms with van der Waals surface area (Å²) in [6.07, 6.45) is 8.47. The lowest BCUT2D eigenvalue weighted by Gasteiger charge is -2.20. The average molecular weight is 268 g/mol. The van der Waals surface area contributed by atoms with Crippen molar-refractivity contribution in [1.29, 1.82) is 0 Å². The van der Waals surface area contributed by atoms with E-state index in [0.717, 1.165) is 23.7 Å². The van der Waals surface area contributed by atoms with Gasteiger partial charge in [-0.25, -0.2) is 0 Å². The van der Waals surface area contributed by atoms with Crippen molar-refractivity contribution in [2.75, 3.05) is 13.6 Å². The molecule has 1 aliphatic rings. The summed E-state index contributed by atoms with van der Waals surface area (Å²) in [6.45, 7) is 13.4. The molecule has 1 heteroatoms. The van der Waals surface area contributed by atoms with Crippen LogP contribution in [0.4, 0.5) is 0 Å². The minimum absolute atomic E-state index is 0.697. The monoisotopic (exact) mass is 267 g/mol. The first-order valence-corrected chi connectivity index (χ1v) is 8.57. The van der Waals surface area contributed by atoms with Crippen LogP contribution in [0.2, 0.25) is 0 Å². The molecule has 5 atom stereocenters. The van der Waals surface area contributed by atoms with Crippen LogP contribution in [0.1, 0.15) is 73.1 Å². The Morgan fingerprint density at radius 2 is 1.74 bits per heavy atom. The second-order valence-corrected chi connectivity index (χ2v) is 7.71. The van der Waals surface area contributed by atoms with Crippen LogP contribution >= 0.6 is 0 Å². The van der Waals surface area contributed by atoms with E-state index >= 15 is 0 Å². The lowest BCUT2D eigenvalue weighted by molar-refractivity contribution is 0.314. The van der Waals surface area contributed by atoms with Crippen molar-refractivity contribution in [3.63, 3.8) is 0 Å². The molecule has 1 N–H and O–H groups in total. The SMILES string of the molecule is CCC1(C)CC1C(C)CCC(C)CC(C)CCNC. The van der Waals surface area contributed by atoms with E-state index in [4.69, 9.17) is 0 Å². The molecule has 1 nitrogen and oxygen atoms in total. The Morgan fingerprint density at radius 3 is 2.26 bits per heavy atom. The van der Waals surface area contributed by atoms with Gasteiger partial charge in [-0.05, 0) is 61.9 Å². The van der Waals surface area contributed by atoms with Crippen LogP contribution < -0.4 is 5.32 Å². The van der Waals surface area contributed by atoms with Crippen molar-refractivity contribution >= 4 is 0 Å². The first-order chi connectivity index (χ1) is 8.92. The summed E-state index contributed by atoms with van der Waals surface area (Å²) < 4.78 is 0. The number of nitrogens with one attached hydrogen (secondary N) is 1. The summed E-state index contributed by atoms with van der Waals surface area (Å²) in [7, 11) is 2.05. The Labute approximate surface area is 121 Å². The van der Waals surface area contributed by atoms with Crippen LogP contribution in [0.15, 0.2) is 0 Å². The maximum absolute atomic E-state index is 3.26. The fourth-order valence-electron chi connectivity index (χ4n) is 3.80. The smallest absolute Gasteiger partial charge is 0.00494 e. The highest BCUT2D eigenvalue weighted by molar-refractivity contribution is 4.99. The van der Waals surface area contributed by atoms with Crippen LogP contribution in [0.5, 0.6) is 0 Å². The molecular weight excluding hydrogens is 230 g/mol. The van der Waals surface area contributed by atoms with E-state index in [1.54, 1.807) is 0 Å². The maximum atomic E-state index is 3.26. The quantitative estimate of drug-likeness (QED) is 0.580. The molecule has 0 radical (unpaired) electrons. The van der Waals surface area contributed by atoms with Gasteiger partial charge in [-0.15, -0.1) is 0 Å². The van der Waals surface area contributed by atoms with Gasteiger partial charge < -0.3 is 5.32 Å². The zero-order valence-corrected chi connectivity index (χ0v) is 14.3. The Bertz CT molecular complexity index is 250. The van der Waals surface area contributed by atoms with Gasteiger partial charge in [-0.3, -0.25) is 0 Å². The Morgan fingerprint density at radius 1 is 1.11 bits per heavy atom. The van der Waals surface area contributed by atoms with Crippen LogP contribution in [0, 0.1) is 29.1 Å². The van der Waals surface area contributed by atoms with E-state index in [1.807, 2.05) is 0 Å². The lowest BCUT2D eigenvalue weighted by atomic mass is 9.86. The molecule has 0 saturated heterocycles. The topological polar surface area (TPSA) is 12.0 Å². The molecule has 1 fully saturated rings. The van der Waals surface area contributed by atoms with Crippen LogP contribution in [-0.2, 0) is 0 Å².